The summed E-state index contributed by atoms with van der Waals surface area (Å²) >= 11 is 0. The molecule has 0 aromatic heterocycles. The molecular weight excluding hydrogens is 332 g/mol. The fraction of sp³-hybridized carbons (Fsp3) is 0.600. The van der Waals surface area contributed by atoms with E-state index in [1.807, 2.05) is 6.92 Å². The molecule has 6 heteroatoms. The van der Waals surface area contributed by atoms with Crippen LogP contribution in [0, 0.1) is 7.43 Å². The maximum atomic E-state index is 9.60. The zero-order valence-corrected chi connectivity index (χ0v) is 13.0. The number of rotatable bonds is 2. The first kappa shape index (κ1) is 40.0. The minimum absolute atomic E-state index is 0. The molecule has 0 saturated heterocycles. The molecule has 0 unspecified atom stereocenters. The first-order chi connectivity index (χ1) is 2.77. The van der Waals surface area contributed by atoms with Gasteiger partial charge in [-0.05, 0) is 6.42 Å². The molecule has 0 aromatic rings. The first-order valence-corrected chi connectivity index (χ1v) is 1.99. The smallest absolute Gasteiger partial charge is 0.813 e. The van der Waals surface area contributed by atoms with Crippen molar-refractivity contribution in [2.24, 2.45) is 0 Å². The van der Waals surface area contributed by atoms with E-state index in [0.717, 1.165) is 6.42 Å². The van der Waals surface area contributed by atoms with Crippen LogP contribution in [-0.2, 0) is 37.8 Å². The largest absolute Gasteiger partial charge is 2.00 e. The van der Waals surface area contributed by atoms with Crippen LogP contribution in [0.15, 0.2) is 0 Å². The minimum atomic E-state index is -0.711. The Kier molecular flexibility index (Phi) is 110. The molecule has 68 valence electrons. The summed E-state index contributed by atoms with van der Waals surface area (Å²) in [5, 5.41) is 7.91. The van der Waals surface area contributed by atoms with Crippen LogP contribution in [0.2, 0.25) is 0 Å². The summed E-state index contributed by atoms with van der Waals surface area (Å²) in [5.74, 6) is -0.711. The number of carboxylic acids is 1. The van der Waals surface area contributed by atoms with Crippen LogP contribution in [0.25, 0.3) is 0 Å². The Hall–Kier alpha value is 1.13. The number of halogens is 1. The van der Waals surface area contributed by atoms with Gasteiger partial charge in [-0.2, -0.15) is 0 Å². The third-order valence-corrected chi connectivity index (χ3v) is 0.464. The number of thiol groups is 1. The minimum Gasteiger partial charge on any atom is -0.813 e. The molecule has 0 bridgehead atoms. The Morgan fingerprint density at radius 3 is 1.73 bits per heavy atom. The standard InChI is InChI=1S/C4H8O2.CH3.HI.H2O.H2S.Zn/c1-2-3-4(5)6;;;;;/h2-3H2,1H3,(H,5,6);1H3;1H;2*1H2;/q;-1;;;;+2/p-1. The molecule has 0 saturated carbocycles. The van der Waals surface area contributed by atoms with Crippen LogP contribution in [0.1, 0.15) is 19.8 Å². The van der Waals surface area contributed by atoms with Gasteiger partial charge in [0.25, 0.3) is 0 Å². The average molecular weight is 348 g/mol. The van der Waals surface area contributed by atoms with E-state index in [1.165, 1.54) is 0 Å². The molecule has 0 atom stereocenters. The number of carboxylic acid groups (broad SMARTS) is 1. The maximum absolute atomic E-state index is 9.60. The third-order valence-electron chi connectivity index (χ3n) is 0.464. The van der Waals surface area contributed by atoms with Gasteiger partial charge in [-0.25, -0.2) is 0 Å². The summed E-state index contributed by atoms with van der Waals surface area (Å²) in [6.45, 7) is 1.84. The van der Waals surface area contributed by atoms with Crippen LogP contribution in [0.5, 0.6) is 0 Å². The SMILES string of the molecule is CCCC(=O)O.I.O.[CH3-].[SH-].[Zn+2]. The summed E-state index contributed by atoms with van der Waals surface area (Å²) in [7, 11) is 0. The van der Waals surface area contributed by atoms with E-state index in [1.54, 1.807) is 0 Å². The van der Waals surface area contributed by atoms with Gasteiger partial charge in [0.1, 0.15) is 0 Å². The van der Waals surface area contributed by atoms with Gasteiger partial charge in [-0.1, -0.05) is 6.92 Å². The molecule has 0 heterocycles. The topological polar surface area (TPSA) is 68.8 Å². The number of hydrogen-bond donors (Lipinski definition) is 1. The molecule has 3 N–H and O–H groups in total. The van der Waals surface area contributed by atoms with Gasteiger partial charge in [0.2, 0.25) is 0 Å². The molecule has 0 fully saturated rings. The van der Waals surface area contributed by atoms with Gasteiger partial charge in [0, 0.05) is 6.42 Å². The molecule has 0 radical (unpaired) electrons. The van der Waals surface area contributed by atoms with E-state index in [2.05, 4.69) is 0 Å². The number of hydrogen-bond acceptors (Lipinski definition) is 2. The van der Waals surface area contributed by atoms with Crippen molar-refractivity contribution < 1.29 is 34.9 Å². The van der Waals surface area contributed by atoms with E-state index in [0.29, 0.717) is 6.42 Å². The molecule has 0 spiro atoms. The second kappa shape index (κ2) is 30.4. The first-order valence-electron chi connectivity index (χ1n) is 1.99. The summed E-state index contributed by atoms with van der Waals surface area (Å²) < 4.78 is 0. The molecular formula is C5H15IO3SZn. The second-order valence-corrected chi connectivity index (χ2v) is 1.14. The van der Waals surface area contributed by atoms with E-state index in [9.17, 15) is 4.79 Å². The molecule has 0 aromatic carbocycles. The fourth-order valence-electron chi connectivity index (χ4n) is 0.214. The van der Waals surface area contributed by atoms with Crippen molar-refractivity contribution in [2.75, 3.05) is 0 Å². The van der Waals surface area contributed by atoms with Crippen molar-refractivity contribution in [1.82, 2.24) is 0 Å². The van der Waals surface area contributed by atoms with Gasteiger partial charge in [-0.3, -0.25) is 4.79 Å². The molecule has 11 heavy (non-hydrogen) atoms. The Morgan fingerprint density at radius 1 is 1.45 bits per heavy atom. The van der Waals surface area contributed by atoms with Crippen LogP contribution in [-0.4, -0.2) is 16.6 Å². The summed E-state index contributed by atoms with van der Waals surface area (Å²) in [6.07, 6.45) is 1.02. The van der Waals surface area contributed by atoms with Crippen molar-refractivity contribution in [3.8, 4) is 0 Å². The molecule has 0 amide bonds. The molecule has 3 nitrogen and oxygen atoms in total. The monoisotopic (exact) mass is 346 g/mol. The Bertz CT molecular complexity index is 65.7. The average Bonchev–Trinajstić information content (AvgIpc) is 1.35. The van der Waals surface area contributed by atoms with Gasteiger partial charge in [0.05, 0.1) is 0 Å². The maximum Gasteiger partial charge on any atom is 2.00 e. The second-order valence-electron chi connectivity index (χ2n) is 1.14. The normalized spacial score (nSPS) is 4.45. The summed E-state index contributed by atoms with van der Waals surface area (Å²) in [4.78, 5) is 9.60. The van der Waals surface area contributed by atoms with Gasteiger partial charge in [0.15, 0.2) is 0 Å². The predicted molar refractivity (Wildman–Crippen MR) is 56.7 cm³/mol. The van der Waals surface area contributed by atoms with E-state index in [4.69, 9.17) is 5.11 Å². The van der Waals surface area contributed by atoms with Crippen LogP contribution in [0.4, 0.5) is 0 Å². The van der Waals surface area contributed by atoms with Crippen LogP contribution >= 0.6 is 24.0 Å². The van der Waals surface area contributed by atoms with Crippen molar-refractivity contribution in [3.63, 3.8) is 0 Å². The van der Waals surface area contributed by atoms with E-state index >= 15 is 0 Å². The fourth-order valence-corrected chi connectivity index (χ4v) is 0.214. The molecule has 0 aliphatic heterocycles. The quantitative estimate of drug-likeness (QED) is 0.265. The van der Waals surface area contributed by atoms with Crippen molar-refractivity contribution >= 4 is 43.4 Å². The Balaban J connectivity index is -0.0000000125. The number of aliphatic carboxylic acids is 1. The summed E-state index contributed by atoms with van der Waals surface area (Å²) in [5.41, 5.74) is 0. The van der Waals surface area contributed by atoms with Crippen LogP contribution < -0.4 is 0 Å². The van der Waals surface area contributed by atoms with Crippen molar-refractivity contribution in [2.45, 2.75) is 19.8 Å². The van der Waals surface area contributed by atoms with Crippen LogP contribution in [0.3, 0.4) is 0 Å². The zero-order chi connectivity index (χ0) is 4.99. The molecule has 0 aliphatic rings. The third kappa shape index (κ3) is 54.4. The zero-order valence-electron chi connectivity index (χ0n) is 6.83. The van der Waals surface area contributed by atoms with E-state index in [-0.39, 0.29) is 69.9 Å². The van der Waals surface area contributed by atoms with Crippen molar-refractivity contribution in [3.05, 3.63) is 7.43 Å². The van der Waals surface area contributed by atoms with Crippen molar-refractivity contribution in [1.29, 1.82) is 0 Å². The molecule has 0 aliphatic carbocycles. The number of carbonyl (C=O) groups is 1. The Morgan fingerprint density at radius 2 is 1.73 bits per heavy atom. The van der Waals surface area contributed by atoms with Gasteiger partial charge in [-0.15, -0.1) is 24.0 Å². The van der Waals surface area contributed by atoms with Gasteiger partial charge < -0.3 is 31.5 Å². The molecule has 0 rings (SSSR count). The van der Waals surface area contributed by atoms with E-state index < -0.39 is 5.97 Å². The summed E-state index contributed by atoms with van der Waals surface area (Å²) in [6, 6.07) is 0. The van der Waals surface area contributed by atoms with Gasteiger partial charge >= 0.3 is 25.4 Å². The Labute approximate surface area is 105 Å². The predicted octanol–water partition coefficient (Wildman–Crippen LogP) is 0.842.